The molecule has 1 N–H and O–H groups in total. The molecule has 2 rings (SSSR count). The fourth-order valence-electron chi connectivity index (χ4n) is 1.63. The monoisotopic (exact) mass is 275 g/mol. The smallest absolute Gasteiger partial charge is 0.323 e. The highest BCUT2D eigenvalue weighted by molar-refractivity contribution is 7.89. The van der Waals surface area contributed by atoms with E-state index in [2.05, 4.69) is 4.98 Å². The summed E-state index contributed by atoms with van der Waals surface area (Å²) in [5.41, 5.74) is 0. The number of hydrogen-bond donors (Lipinski definition) is 1. The molecule has 100 valence electrons. The van der Waals surface area contributed by atoms with Crippen LogP contribution >= 0.6 is 0 Å². The van der Waals surface area contributed by atoms with Gasteiger partial charge in [-0.15, -0.1) is 0 Å². The number of aromatic nitrogens is 2. The zero-order valence-corrected chi connectivity index (χ0v) is 10.3. The molecule has 18 heavy (non-hydrogen) atoms. The number of carboxylic acid groups (broad SMARTS) is 1. The zero-order chi connectivity index (χ0) is 13.2. The van der Waals surface area contributed by atoms with Crippen LogP contribution in [0.5, 0.6) is 0 Å². The van der Waals surface area contributed by atoms with E-state index in [1.807, 2.05) is 0 Å². The predicted octanol–water partition coefficient (Wildman–Crippen LogP) is -1.01. The number of hydrogen-bond acceptors (Lipinski definition) is 5. The van der Waals surface area contributed by atoms with Gasteiger partial charge in [0.1, 0.15) is 6.54 Å². The fourth-order valence-corrected chi connectivity index (χ4v) is 2.98. The third-order valence-corrected chi connectivity index (χ3v) is 4.29. The van der Waals surface area contributed by atoms with E-state index in [-0.39, 0.29) is 24.7 Å². The van der Waals surface area contributed by atoms with Gasteiger partial charge in [0.2, 0.25) is 0 Å². The molecule has 1 fully saturated rings. The lowest BCUT2D eigenvalue weighted by Gasteiger charge is -2.24. The Kier molecular flexibility index (Phi) is 3.64. The predicted molar refractivity (Wildman–Crippen MR) is 59.4 cm³/mol. The maximum Gasteiger partial charge on any atom is 0.323 e. The Bertz CT molecular complexity index is 532. The van der Waals surface area contributed by atoms with Crippen LogP contribution in [0.4, 0.5) is 0 Å². The largest absolute Gasteiger partial charge is 0.480 e. The van der Waals surface area contributed by atoms with Crippen LogP contribution in [0.25, 0.3) is 0 Å². The molecule has 8 nitrogen and oxygen atoms in total. The number of morpholine rings is 1. The lowest BCUT2D eigenvalue weighted by molar-refractivity contribution is -0.137. The summed E-state index contributed by atoms with van der Waals surface area (Å²) in [7, 11) is -3.65. The first kappa shape index (κ1) is 13.0. The maximum absolute atomic E-state index is 12.1. The third kappa shape index (κ3) is 2.68. The Hall–Kier alpha value is -1.45. The lowest BCUT2D eigenvalue weighted by atomic mass is 10.5. The van der Waals surface area contributed by atoms with Gasteiger partial charge >= 0.3 is 5.97 Å². The molecule has 0 radical (unpaired) electrons. The topological polar surface area (TPSA) is 102 Å². The second-order valence-corrected chi connectivity index (χ2v) is 5.68. The van der Waals surface area contributed by atoms with Gasteiger partial charge in [0.15, 0.2) is 5.03 Å². The summed E-state index contributed by atoms with van der Waals surface area (Å²) in [6, 6.07) is 0. The first-order valence-corrected chi connectivity index (χ1v) is 6.75. The van der Waals surface area contributed by atoms with Gasteiger partial charge in [-0.05, 0) is 0 Å². The van der Waals surface area contributed by atoms with Crippen LogP contribution in [-0.2, 0) is 26.1 Å². The van der Waals surface area contributed by atoms with Crippen LogP contribution in [0.2, 0.25) is 0 Å². The van der Waals surface area contributed by atoms with Crippen LogP contribution in [0.15, 0.2) is 17.6 Å². The van der Waals surface area contributed by atoms with Crippen molar-refractivity contribution < 1.29 is 23.1 Å². The summed E-state index contributed by atoms with van der Waals surface area (Å²) in [5.74, 6) is -1.05. The van der Waals surface area contributed by atoms with Crippen LogP contribution in [-0.4, -0.2) is 59.7 Å². The van der Waals surface area contributed by atoms with Gasteiger partial charge in [0, 0.05) is 19.3 Å². The molecule has 9 heteroatoms. The van der Waals surface area contributed by atoms with Crippen molar-refractivity contribution in [1.82, 2.24) is 13.9 Å². The van der Waals surface area contributed by atoms with Gasteiger partial charge in [0.25, 0.3) is 10.0 Å². The first-order chi connectivity index (χ1) is 8.50. The Morgan fingerprint density at radius 3 is 2.72 bits per heavy atom. The molecule has 0 amide bonds. The molecular formula is C9H13N3O5S. The number of carboxylic acids is 1. The van der Waals surface area contributed by atoms with E-state index in [0.717, 1.165) is 0 Å². The second-order valence-electron chi connectivity index (χ2n) is 3.79. The SMILES string of the molecule is O=C(O)Cn1cnc(S(=O)(=O)N2CCOCC2)c1. The number of imidazole rings is 1. The average molecular weight is 275 g/mol. The molecule has 0 atom stereocenters. The summed E-state index contributed by atoms with van der Waals surface area (Å²) in [6.07, 6.45) is 2.42. The highest BCUT2D eigenvalue weighted by atomic mass is 32.2. The molecule has 0 aromatic carbocycles. The summed E-state index contributed by atoms with van der Waals surface area (Å²) < 4.78 is 31.8. The van der Waals surface area contributed by atoms with E-state index in [9.17, 15) is 13.2 Å². The average Bonchev–Trinajstić information content (AvgIpc) is 2.78. The van der Waals surface area contributed by atoms with Crippen molar-refractivity contribution in [3.05, 3.63) is 12.5 Å². The molecule has 2 heterocycles. The summed E-state index contributed by atoms with van der Waals surface area (Å²) in [4.78, 5) is 14.2. The van der Waals surface area contributed by atoms with Crippen molar-refractivity contribution in [2.24, 2.45) is 0 Å². The molecule has 1 aromatic rings. The minimum absolute atomic E-state index is 0.134. The number of carbonyl (C=O) groups is 1. The maximum atomic E-state index is 12.1. The molecule has 0 saturated carbocycles. The molecule has 1 aliphatic rings. The fraction of sp³-hybridized carbons (Fsp3) is 0.556. The minimum atomic E-state index is -3.65. The number of aliphatic carboxylic acids is 1. The molecular weight excluding hydrogens is 262 g/mol. The van der Waals surface area contributed by atoms with Gasteiger partial charge in [-0.3, -0.25) is 4.79 Å². The standard InChI is InChI=1S/C9H13N3O5S/c13-9(14)6-11-5-8(10-7-11)18(15,16)12-1-3-17-4-2-12/h5,7H,1-4,6H2,(H,13,14). The number of nitrogens with zero attached hydrogens (tertiary/aromatic N) is 3. The van der Waals surface area contributed by atoms with Gasteiger partial charge in [-0.2, -0.15) is 4.31 Å². The van der Waals surface area contributed by atoms with E-state index in [4.69, 9.17) is 9.84 Å². The van der Waals surface area contributed by atoms with Crippen LogP contribution in [0.1, 0.15) is 0 Å². The van der Waals surface area contributed by atoms with Gasteiger partial charge in [-0.25, -0.2) is 13.4 Å². The number of sulfonamides is 1. The van der Waals surface area contributed by atoms with Crippen molar-refractivity contribution in [3.8, 4) is 0 Å². The Morgan fingerprint density at radius 2 is 2.11 bits per heavy atom. The Morgan fingerprint density at radius 1 is 1.44 bits per heavy atom. The van der Waals surface area contributed by atoms with Gasteiger partial charge < -0.3 is 14.4 Å². The molecule has 0 aliphatic carbocycles. The second kappa shape index (κ2) is 5.04. The lowest BCUT2D eigenvalue weighted by Crippen LogP contribution is -2.40. The number of rotatable bonds is 4. The van der Waals surface area contributed by atoms with Crippen molar-refractivity contribution in [3.63, 3.8) is 0 Å². The van der Waals surface area contributed by atoms with Crippen molar-refractivity contribution in [2.45, 2.75) is 11.6 Å². The Labute approximate surface area is 104 Å². The molecule has 1 aromatic heterocycles. The molecule has 0 spiro atoms. The highest BCUT2D eigenvalue weighted by Crippen LogP contribution is 2.14. The van der Waals surface area contributed by atoms with Crippen molar-refractivity contribution in [2.75, 3.05) is 26.3 Å². The number of ether oxygens (including phenoxy) is 1. The van der Waals surface area contributed by atoms with Crippen molar-refractivity contribution in [1.29, 1.82) is 0 Å². The third-order valence-electron chi connectivity index (χ3n) is 2.50. The Balaban J connectivity index is 2.18. The van der Waals surface area contributed by atoms with Gasteiger partial charge in [0.05, 0.1) is 19.5 Å². The molecule has 1 saturated heterocycles. The zero-order valence-electron chi connectivity index (χ0n) is 9.52. The van der Waals surface area contributed by atoms with Crippen LogP contribution < -0.4 is 0 Å². The van der Waals surface area contributed by atoms with E-state index in [1.165, 1.54) is 21.4 Å². The van der Waals surface area contributed by atoms with E-state index in [0.29, 0.717) is 13.2 Å². The minimum Gasteiger partial charge on any atom is -0.480 e. The summed E-state index contributed by atoms with van der Waals surface area (Å²) in [5, 5.41) is 8.47. The first-order valence-electron chi connectivity index (χ1n) is 5.31. The van der Waals surface area contributed by atoms with E-state index < -0.39 is 16.0 Å². The van der Waals surface area contributed by atoms with Crippen molar-refractivity contribution >= 4 is 16.0 Å². The quantitative estimate of drug-likeness (QED) is 0.755. The van der Waals surface area contributed by atoms with Crippen LogP contribution in [0, 0.1) is 0 Å². The molecule has 1 aliphatic heterocycles. The van der Waals surface area contributed by atoms with E-state index >= 15 is 0 Å². The van der Waals surface area contributed by atoms with Gasteiger partial charge in [-0.1, -0.05) is 0 Å². The normalized spacial score (nSPS) is 17.8. The van der Waals surface area contributed by atoms with Crippen LogP contribution in [0.3, 0.4) is 0 Å². The highest BCUT2D eigenvalue weighted by Gasteiger charge is 2.28. The molecule has 0 unspecified atom stereocenters. The van der Waals surface area contributed by atoms with E-state index in [1.54, 1.807) is 0 Å². The molecule has 0 bridgehead atoms. The summed E-state index contributed by atoms with van der Waals surface area (Å²) in [6.45, 7) is 0.970. The summed E-state index contributed by atoms with van der Waals surface area (Å²) >= 11 is 0.